The van der Waals surface area contributed by atoms with Gasteiger partial charge in [-0.3, -0.25) is 19.9 Å². The van der Waals surface area contributed by atoms with E-state index in [-0.39, 0.29) is 22.4 Å². The minimum atomic E-state index is -0.516. The number of aromatic nitrogens is 2. The fourth-order valence-corrected chi connectivity index (χ4v) is 2.16. The number of benzene rings is 2. The van der Waals surface area contributed by atoms with Crippen molar-refractivity contribution in [1.29, 1.82) is 0 Å². The highest BCUT2D eigenvalue weighted by atomic mass is 16.6. The minimum Gasteiger partial charge on any atom is -0.369 e. The molecule has 0 amide bonds. The molecule has 0 aliphatic rings. The summed E-state index contributed by atoms with van der Waals surface area (Å²) in [5.74, 6) is -0.0181. The number of aromatic amines is 1. The number of nitrogens with two attached hydrogens (primary N) is 1. The second kappa shape index (κ2) is 3.77. The molecule has 0 radical (unpaired) electrons. The first kappa shape index (κ1) is 11.1. The zero-order chi connectivity index (χ0) is 13.6. The molecule has 0 atom stereocenters. The number of nitro groups is 1. The summed E-state index contributed by atoms with van der Waals surface area (Å²) in [6.07, 6.45) is 0. The summed E-state index contributed by atoms with van der Waals surface area (Å²) in [5.41, 5.74) is 5.19. The fourth-order valence-electron chi connectivity index (χ4n) is 2.16. The molecule has 1 heterocycles. The normalized spacial score (nSPS) is 10.9. The van der Waals surface area contributed by atoms with Gasteiger partial charge in [-0.15, -0.1) is 0 Å². The maximum Gasteiger partial charge on any atom is 0.278 e. The van der Waals surface area contributed by atoms with Gasteiger partial charge in [-0.2, -0.15) is 0 Å². The summed E-state index contributed by atoms with van der Waals surface area (Å²) < 4.78 is 0. The Hall–Kier alpha value is -2.96. The Morgan fingerprint density at radius 1 is 1.21 bits per heavy atom. The van der Waals surface area contributed by atoms with E-state index in [4.69, 9.17) is 5.73 Å². The number of nitrogens with one attached hydrogen (secondary N) is 1. The average Bonchev–Trinajstić information content (AvgIpc) is 2.36. The van der Waals surface area contributed by atoms with Crippen molar-refractivity contribution in [3.63, 3.8) is 0 Å². The molecule has 2 aromatic carbocycles. The van der Waals surface area contributed by atoms with Crippen molar-refractivity contribution in [2.24, 2.45) is 0 Å². The highest BCUT2D eigenvalue weighted by Crippen LogP contribution is 2.30. The standard InChI is InChI=1S/C12H8N4O3/c13-12-14-7-5-4-6-2-1-3-8(16(18)19)9(6)10(7)11(17)15-12/h1-5H,(H3,13,14,15,17). The largest absolute Gasteiger partial charge is 0.369 e. The molecule has 3 N–H and O–H groups in total. The molecule has 3 aromatic rings. The molecule has 3 rings (SSSR count). The van der Waals surface area contributed by atoms with E-state index in [0.717, 1.165) is 0 Å². The van der Waals surface area contributed by atoms with Gasteiger partial charge >= 0.3 is 0 Å². The first-order valence-electron chi connectivity index (χ1n) is 5.43. The number of rotatable bonds is 1. The third-order valence-electron chi connectivity index (χ3n) is 2.91. The van der Waals surface area contributed by atoms with Crippen LogP contribution in [0.2, 0.25) is 0 Å². The van der Waals surface area contributed by atoms with Gasteiger partial charge in [0, 0.05) is 6.07 Å². The van der Waals surface area contributed by atoms with Gasteiger partial charge in [0.1, 0.15) is 0 Å². The summed E-state index contributed by atoms with van der Waals surface area (Å²) in [4.78, 5) is 28.9. The molecule has 7 heteroatoms. The molecule has 19 heavy (non-hydrogen) atoms. The number of nitro benzene ring substituents is 1. The molecule has 0 aliphatic carbocycles. The lowest BCUT2D eigenvalue weighted by Gasteiger charge is -2.04. The first-order valence-corrected chi connectivity index (χ1v) is 5.43. The quantitative estimate of drug-likeness (QED) is 0.389. The van der Waals surface area contributed by atoms with Gasteiger partial charge in [-0.05, 0) is 11.5 Å². The van der Waals surface area contributed by atoms with Crippen molar-refractivity contribution in [2.75, 3.05) is 5.73 Å². The molecular formula is C12H8N4O3. The van der Waals surface area contributed by atoms with Crippen molar-refractivity contribution < 1.29 is 4.92 Å². The third-order valence-corrected chi connectivity index (χ3v) is 2.91. The van der Waals surface area contributed by atoms with E-state index >= 15 is 0 Å². The van der Waals surface area contributed by atoms with Gasteiger partial charge in [0.25, 0.3) is 11.2 Å². The Morgan fingerprint density at radius 3 is 2.74 bits per heavy atom. The molecule has 0 aliphatic heterocycles. The van der Waals surface area contributed by atoms with Crippen molar-refractivity contribution >= 4 is 33.3 Å². The highest BCUT2D eigenvalue weighted by Gasteiger charge is 2.17. The number of nitrogens with zero attached hydrogens (tertiary/aromatic N) is 2. The lowest BCUT2D eigenvalue weighted by Crippen LogP contribution is -2.11. The number of hydrogen-bond donors (Lipinski definition) is 2. The molecule has 0 spiro atoms. The molecule has 0 unspecified atom stereocenters. The Balaban J connectivity index is 2.66. The number of H-pyrrole nitrogens is 1. The number of non-ortho nitro benzene ring substituents is 1. The van der Waals surface area contributed by atoms with Crippen molar-refractivity contribution in [2.45, 2.75) is 0 Å². The van der Waals surface area contributed by atoms with Crippen LogP contribution in [0.4, 0.5) is 11.6 Å². The fraction of sp³-hybridized carbons (Fsp3) is 0. The lowest BCUT2D eigenvalue weighted by molar-refractivity contribution is -0.383. The van der Waals surface area contributed by atoms with Crippen LogP contribution in [0.3, 0.4) is 0 Å². The number of fused-ring (bicyclic) bond motifs is 3. The van der Waals surface area contributed by atoms with Gasteiger partial charge in [0.05, 0.1) is 21.2 Å². The van der Waals surface area contributed by atoms with E-state index in [2.05, 4.69) is 9.97 Å². The molecular weight excluding hydrogens is 248 g/mol. The predicted molar refractivity (Wildman–Crippen MR) is 70.9 cm³/mol. The Morgan fingerprint density at radius 2 is 2.00 bits per heavy atom. The van der Waals surface area contributed by atoms with E-state index in [1.165, 1.54) is 6.07 Å². The second-order valence-electron chi connectivity index (χ2n) is 4.04. The summed E-state index contributed by atoms with van der Waals surface area (Å²) >= 11 is 0. The van der Waals surface area contributed by atoms with E-state index in [9.17, 15) is 14.9 Å². The van der Waals surface area contributed by atoms with Gasteiger partial charge < -0.3 is 5.73 Å². The Kier molecular flexibility index (Phi) is 2.21. The maximum atomic E-state index is 12.0. The highest BCUT2D eigenvalue weighted by molar-refractivity contribution is 6.10. The zero-order valence-corrected chi connectivity index (χ0v) is 9.58. The SMILES string of the molecule is Nc1nc2ccc3cccc([N+](=O)[O-])c3c2c(=O)[nH]1. The first-order chi connectivity index (χ1) is 9.08. The molecule has 0 saturated heterocycles. The maximum absolute atomic E-state index is 12.0. The van der Waals surface area contributed by atoms with Gasteiger partial charge in [0.15, 0.2) is 0 Å². The van der Waals surface area contributed by atoms with Gasteiger partial charge in [0.2, 0.25) is 5.95 Å². The van der Waals surface area contributed by atoms with Crippen molar-refractivity contribution in [3.8, 4) is 0 Å². The predicted octanol–water partition coefficient (Wildman–Crippen LogP) is 1.57. The number of hydrogen-bond acceptors (Lipinski definition) is 5. The third kappa shape index (κ3) is 1.60. The smallest absolute Gasteiger partial charge is 0.278 e. The van der Waals surface area contributed by atoms with Crippen molar-refractivity contribution in [1.82, 2.24) is 9.97 Å². The minimum absolute atomic E-state index is 0.0181. The molecule has 7 nitrogen and oxygen atoms in total. The Labute approximate surface area is 105 Å². The lowest BCUT2D eigenvalue weighted by atomic mass is 10.0. The van der Waals surface area contributed by atoms with Crippen LogP contribution in [0.1, 0.15) is 0 Å². The molecule has 1 aromatic heterocycles. The molecule has 0 bridgehead atoms. The van der Waals surface area contributed by atoms with Gasteiger partial charge in [-0.1, -0.05) is 18.2 Å². The Bertz CT molecular complexity index is 885. The van der Waals surface area contributed by atoms with Gasteiger partial charge in [-0.25, -0.2) is 4.98 Å². The van der Waals surface area contributed by atoms with Crippen molar-refractivity contribution in [3.05, 3.63) is 50.8 Å². The van der Waals surface area contributed by atoms with Crippen LogP contribution in [0.5, 0.6) is 0 Å². The van der Waals surface area contributed by atoms with Crippen LogP contribution < -0.4 is 11.3 Å². The number of nitrogen functional groups attached to an aromatic ring is 1. The monoisotopic (exact) mass is 256 g/mol. The van der Waals surface area contributed by atoms with Crippen LogP contribution in [-0.2, 0) is 0 Å². The van der Waals surface area contributed by atoms with E-state index in [0.29, 0.717) is 10.9 Å². The van der Waals surface area contributed by atoms with Crippen LogP contribution in [0.15, 0.2) is 35.1 Å². The molecule has 0 fully saturated rings. The van der Waals surface area contributed by atoms with E-state index in [1.54, 1.807) is 24.3 Å². The van der Waals surface area contributed by atoms with E-state index in [1.807, 2.05) is 0 Å². The molecule has 94 valence electrons. The van der Waals surface area contributed by atoms with Crippen LogP contribution in [0.25, 0.3) is 21.7 Å². The molecule has 0 saturated carbocycles. The summed E-state index contributed by atoms with van der Waals surface area (Å²) in [6, 6.07) is 7.93. The van der Waals surface area contributed by atoms with Crippen LogP contribution in [-0.4, -0.2) is 14.9 Å². The summed E-state index contributed by atoms with van der Waals surface area (Å²) in [6.45, 7) is 0. The van der Waals surface area contributed by atoms with E-state index < -0.39 is 10.5 Å². The number of anilines is 1. The topological polar surface area (TPSA) is 115 Å². The summed E-state index contributed by atoms with van der Waals surface area (Å²) in [7, 11) is 0. The summed E-state index contributed by atoms with van der Waals surface area (Å²) in [5, 5.41) is 12.2. The van der Waals surface area contributed by atoms with Crippen LogP contribution in [0, 0.1) is 10.1 Å². The average molecular weight is 256 g/mol. The zero-order valence-electron chi connectivity index (χ0n) is 9.58. The second-order valence-corrected chi connectivity index (χ2v) is 4.04. The van der Waals surface area contributed by atoms with Crippen LogP contribution >= 0.6 is 0 Å².